The van der Waals surface area contributed by atoms with E-state index in [0.29, 0.717) is 6.54 Å². The molecule has 0 amide bonds. The van der Waals surface area contributed by atoms with Gasteiger partial charge in [-0.2, -0.15) is 0 Å². The molecule has 1 N–H and O–H groups in total. The Labute approximate surface area is 94.1 Å². The van der Waals surface area contributed by atoms with E-state index in [9.17, 15) is 0 Å². The van der Waals surface area contributed by atoms with E-state index in [4.69, 9.17) is 4.74 Å². The van der Waals surface area contributed by atoms with Crippen LogP contribution in [0.3, 0.4) is 0 Å². The highest BCUT2D eigenvalue weighted by Gasteiger charge is 2.00. The van der Waals surface area contributed by atoms with E-state index in [-0.39, 0.29) is 0 Å². The molecule has 0 aliphatic rings. The number of anilines is 1. The first kappa shape index (κ1) is 10.5. The Hall–Kier alpha value is -2.04. The fraction of sp³-hybridized carbons (Fsp3) is 0.273. The summed E-state index contributed by atoms with van der Waals surface area (Å²) in [6.07, 6.45) is 5.39. The molecule has 2 aromatic rings. The van der Waals surface area contributed by atoms with Crippen LogP contribution < -0.4 is 10.1 Å². The van der Waals surface area contributed by atoms with Gasteiger partial charge in [-0.3, -0.25) is 0 Å². The van der Waals surface area contributed by atoms with Crippen molar-refractivity contribution < 1.29 is 4.74 Å². The van der Waals surface area contributed by atoms with Crippen molar-refractivity contribution in [2.24, 2.45) is 7.05 Å². The summed E-state index contributed by atoms with van der Waals surface area (Å²) in [5.74, 6) is 2.53. The molecule has 0 spiro atoms. The zero-order chi connectivity index (χ0) is 11.4. The lowest BCUT2D eigenvalue weighted by Crippen LogP contribution is -2.06. The van der Waals surface area contributed by atoms with Gasteiger partial charge < -0.3 is 14.6 Å². The second-order valence-electron chi connectivity index (χ2n) is 3.39. The van der Waals surface area contributed by atoms with Gasteiger partial charge in [0.2, 0.25) is 0 Å². The van der Waals surface area contributed by atoms with Crippen molar-refractivity contribution in [3.8, 4) is 5.75 Å². The Kier molecular flexibility index (Phi) is 3.05. The third-order valence-corrected chi connectivity index (χ3v) is 2.32. The quantitative estimate of drug-likeness (QED) is 0.843. The lowest BCUT2D eigenvalue weighted by atomic mass is 10.4. The lowest BCUT2D eigenvalue weighted by Gasteiger charge is -2.06. The van der Waals surface area contributed by atoms with Gasteiger partial charge in [0, 0.05) is 31.7 Å². The van der Waals surface area contributed by atoms with Crippen LogP contribution in [-0.4, -0.2) is 21.6 Å². The van der Waals surface area contributed by atoms with E-state index in [1.54, 1.807) is 19.5 Å². The number of nitrogens with one attached hydrogen (secondary N) is 1. The van der Waals surface area contributed by atoms with Crippen molar-refractivity contribution in [2.45, 2.75) is 6.54 Å². The molecule has 84 valence electrons. The number of hydrogen-bond donors (Lipinski definition) is 1. The predicted octanol–water partition coefficient (Wildman–Crippen LogP) is 1.44. The molecule has 5 heteroatoms. The molecule has 0 aliphatic carbocycles. The number of aryl methyl sites for hydroxylation is 1. The van der Waals surface area contributed by atoms with E-state index in [1.165, 1.54) is 0 Å². The van der Waals surface area contributed by atoms with Gasteiger partial charge in [-0.1, -0.05) is 0 Å². The Morgan fingerprint density at radius 3 is 2.94 bits per heavy atom. The number of pyridine rings is 1. The van der Waals surface area contributed by atoms with Crippen LogP contribution in [0.1, 0.15) is 5.82 Å². The van der Waals surface area contributed by atoms with E-state index >= 15 is 0 Å². The summed E-state index contributed by atoms with van der Waals surface area (Å²) >= 11 is 0. The molecule has 2 heterocycles. The summed E-state index contributed by atoms with van der Waals surface area (Å²) in [7, 11) is 3.60. The maximum absolute atomic E-state index is 5.11. The Morgan fingerprint density at radius 2 is 2.25 bits per heavy atom. The first-order chi connectivity index (χ1) is 7.79. The van der Waals surface area contributed by atoms with Crippen molar-refractivity contribution in [1.29, 1.82) is 0 Å². The third-order valence-electron chi connectivity index (χ3n) is 2.32. The molecule has 0 saturated heterocycles. The molecule has 2 aromatic heterocycles. The van der Waals surface area contributed by atoms with Crippen LogP contribution in [0.4, 0.5) is 5.82 Å². The van der Waals surface area contributed by atoms with Crippen LogP contribution in [0.25, 0.3) is 0 Å². The average Bonchev–Trinajstić information content (AvgIpc) is 2.72. The highest BCUT2D eigenvalue weighted by Crippen LogP contribution is 2.14. The molecule has 0 aromatic carbocycles. The number of methoxy groups -OCH3 is 1. The van der Waals surface area contributed by atoms with E-state index in [0.717, 1.165) is 17.4 Å². The second kappa shape index (κ2) is 4.65. The van der Waals surface area contributed by atoms with E-state index in [2.05, 4.69) is 15.3 Å². The lowest BCUT2D eigenvalue weighted by molar-refractivity contribution is 0.414. The largest absolute Gasteiger partial charge is 0.497 e. The molecular weight excluding hydrogens is 204 g/mol. The van der Waals surface area contributed by atoms with Gasteiger partial charge in [0.1, 0.15) is 17.4 Å². The highest BCUT2D eigenvalue weighted by atomic mass is 16.5. The average molecular weight is 218 g/mol. The number of aromatic nitrogens is 3. The van der Waals surface area contributed by atoms with Crippen LogP contribution >= 0.6 is 0 Å². The molecule has 0 fully saturated rings. The van der Waals surface area contributed by atoms with E-state index in [1.807, 2.05) is 29.9 Å². The van der Waals surface area contributed by atoms with Crippen molar-refractivity contribution in [3.63, 3.8) is 0 Å². The van der Waals surface area contributed by atoms with Gasteiger partial charge in [-0.15, -0.1) is 0 Å². The number of rotatable bonds is 4. The van der Waals surface area contributed by atoms with Crippen molar-refractivity contribution in [1.82, 2.24) is 14.5 Å². The minimum Gasteiger partial charge on any atom is -0.497 e. The molecule has 0 atom stereocenters. The summed E-state index contributed by atoms with van der Waals surface area (Å²) in [5, 5.41) is 3.19. The van der Waals surface area contributed by atoms with Gasteiger partial charge in [0.15, 0.2) is 0 Å². The van der Waals surface area contributed by atoms with Crippen LogP contribution in [0.15, 0.2) is 30.7 Å². The normalized spacial score (nSPS) is 10.1. The number of hydrogen-bond acceptors (Lipinski definition) is 4. The fourth-order valence-corrected chi connectivity index (χ4v) is 1.37. The molecular formula is C11H14N4O. The van der Waals surface area contributed by atoms with Crippen molar-refractivity contribution in [3.05, 3.63) is 36.5 Å². The third kappa shape index (κ3) is 2.31. The van der Waals surface area contributed by atoms with Crippen molar-refractivity contribution in [2.75, 3.05) is 12.4 Å². The topological polar surface area (TPSA) is 52.0 Å². The Bertz CT molecular complexity index is 467. The first-order valence-corrected chi connectivity index (χ1v) is 4.99. The molecule has 2 rings (SSSR count). The number of imidazole rings is 1. The summed E-state index contributed by atoms with van der Waals surface area (Å²) in [5.41, 5.74) is 0. The van der Waals surface area contributed by atoms with Crippen molar-refractivity contribution >= 4 is 5.82 Å². The van der Waals surface area contributed by atoms with Gasteiger partial charge in [0.25, 0.3) is 0 Å². The van der Waals surface area contributed by atoms with Crippen LogP contribution in [0.2, 0.25) is 0 Å². The minimum atomic E-state index is 0.643. The maximum Gasteiger partial charge on any atom is 0.129 e. The smallest absolute Gasteiger partial charge is 0.129 e. The fourth-order valence-electron chi connectivity index (χ4n) is 1.37. The zero-order valence-corrected chi connectivity index (χ0v) is 9.34. The summed E-state index contributed by atoms with van der Waals surface area (Å²) in [4.78, 5) is 8.40. The molecule has 5 nitrogen and oxygen atoms in total. The zero-order valence-electron chi connectivity index (χ0n) is 9.34. The molecule has 16 heavy (non-hydrogen) atoms. The highest BCUT2D eigenvalue weighted by molar-refractivity contribution is 5.40. The second-order valence-corrected chi connectivity index (χ2v) is 3.39. The Balaban J connectivity index is 2.02. The van der Waals surface area contributed by atoms with Gasteiger partial charge >= 0.3 is 0 Å². The standard InChI is InChI=1S/C11H14N4O/c1-15-6-5-13-11(15)8-14-10-7-9(16-2)3-4-12-10/h3-7H,8H2,1-2H3,(H,12,14). The SMILES string of the molecule is COc1ccnc(NCc2nccn2C)c1. The predicted molar refractivity (Wildman–Crippen MR) is 61.3 cm³/mol. The van der Waals surface area contributed by atoms with Crippen LogP contribution in [0, 0.1) is 0 Å². The maximum atomic E-state index is 5.11. The monoisotopic (exact) mass is 218 g/mol. The van der Waals surface area contributed by atoms with Gasteiger partial charge in [-0.25, -0.2) is 9.97 Å². The molecule has 0 bridgehead atoms. The summed E-state index contributed by atoms with van der Waals surface area (Å²) in [6, 6.07) is 3.66. The molecule has 0 unspecified atom stereocenters. The number of ether oxygens (including phenoxy) is 1. The van der Waals surface area contributed by atoms with Gasteiger partial charge in [0.05, 0.1) is 13.7 Å². The Morgan fingerprint density at radius 1 is 1.38 bits per heavy atom. The van der Waals surface area contributed by atoms with Crippen LogP contribution in [-0.2, 0) is 13.6 Å². The molecule has 0 radical (unpaired) electrons. The molecule has 0 aliphatic heterocycles. The summed E-state index contributed by atoms with van der Waals surface area (Å²) < 4.78 is 7.08. The number of nitrogens with zero attached hydrogens (tertiary/aromatic N) is 3. The first-order valence-electron chi connectivity index (χ1n) is 4.99. The van der Waals surface area contributed by atoms with Gasteiger partial charge in [-0.05, 0) is 6.07 Å². The minimum absolute atomic E-state index is 0.643. The summed E-state index contributed by atoms with van der Waals surface area (Å²) in [6.45, 7) is 0.643. The molecule has 0 saturated carbocycles. The van der Waals surface area contributed by atoms with Crippen LogP contribution in [0.5, 0.6) is 5.75 Å². The van der Waals surface area contributed by atoms with E-state index < -0.39 is 0 Å².